The van der Waals surface area contributed by atoms with E-state index in [1.807, 2.05) is 42.5 Å². The van der Waals surface area contributed by atoms with Crippen LogP contribution >= 0.6 is 11.8 Å². The van der Waals surface area contributed by atoms with E-state index in [9.17, 15) is 5.26 Å². The molecule has 1 aliphatic rings. The lowest BCUT2D eigenvalue weighted by Crippen LogP contribution is -2.37. The third kappa shape index (κ3) is 4.56. The molecule has 30 heavy (non-hydrogen) atoms. The zero-order valence-corrected chi connectivity index (χ0v) is 17.6. The molecule has 4 rings (SSSR count). The zero-order valence-electron chi connectivity index (χ0n) is 16.7. The highest BCUT2D eigenvalue weighted by Crippen LogP contribution is 2.33. The summed E-state index contributed by atoms with van der Waals surface area (Å²) < 4.78 is 10.8. The largest absolute Gasteiger partial charge is 0.497 e. The van der Waals surface area contributed by atoms with Gasteiger partial charge in [0, 0.05) is 24.4 Å². The van der Waals surface area contributed by atoms with Crippen LogP contribution in [0.4, 0.5) is 5.82 Å². The van der Waals surface area contributed by atoms with Crippen LogP contribution in [0.2, 0.25) is 0 Å². The fourth-order valence-electron chi connectivity index (χ4n) is 3.28. The predicted octanol–water partition coefficient (Wildman–Crippen LogP) is 4.15. The first-order valence-corrected chi connectivity index (χ1v) is 10.7. The van der Waals surface area contributed by atoms with Crippen molar-refractivity contribution in [2.24, 2.45) is 0 Å². The van der Waals surface area contributed by atoms with Crippen LogP contribution in [0.25, 0.3) is 11.3 Å². The monoisotopic (exact) mass is 418 g/mol. The molecule has 0 spiro atoms. The molecular formula is C23H22N4O2S. The third-order valence-corrected chi connectivity index (χ3v) is 5.78. The number of nitrogens with zero attached hydrogens (tertiary/aromatic N) is 4. The maximum atomic E-state index is 9.97. The van der Waals surface area contributed by atoms with Crippen molar-refractivity contribution in [1.82, 2.24) is 9.97 Å². The van der Waals surface area contributed by atoms with Gasteiger partial charge in [-0.1, -0.05) is 42.1 Å². The maximum absolute atomic E-state index is 9.97. The molecule has 0 aliphatic carbocycles. The Morgan fingerprint density at radius 1 is 1.07 bits per heavy atom. The van der Waals surface area contributed by atoms with Gasteiger partial charge in [-0.3, -0.25) is 0 Å². The number of rotatable bonds is 6. The summed E-state index contributed by atoms with van der Waals surface area (Å²) in [7, 11) is 1.63. The first-order valence-electron chi connectivity index (χ1n) is 9.74. The van der Waals surface area contributed by atoms with Gasteiger partial charge in [-0.05, 0) is 29.8 Å². The van der Waals surface area contributed by atoms with Gasteiger partial charge in [0.1, 0.15) is 17.4 Å². The van der Waals surface area contributed by atoms with Gasteiger partial charge in [-0.25, -0.2) is 9.97 Å². The maximum Gasteiger partial charge on any atom is 0.190 e. The van der Waals surface area contributed by atoms with Crippen molar-refractivity contribution >= 4 is 17.6 Å². The van der Waals surface area contributed by atoms with Crippen molar-refractivity contribution in [3.05, 3.63) is 65.7 Å². The second kappa shape index (κ2) is 9.61. The highest BCUT2D eigenvalue weighted by molar-refractivity contribution is 7.98. The minimum Gasteiger partial charge on any atom is -0.497 e. The summed E-state index contributed by atoms with van der Waals surface area (Å²) in [6.07, 6.45) is 0. The summed E-state index contributed by atoms with van der Waals surface area (Å²) in [5.41, 5.74) is 3.21. The Morgan fingerprint density at radius 3 is 2.47 bits per heavy atom. The first kappa shape index (κ1) is 20.2. The van der Waals surface area contributed by atoms with Gasteiger partial charge in [-0.2, -0.15) is 5.26 Å². The molecule has 0 radical (unpaired) electrons. The van der Waals surface area contributed by atoms with Crippen molar-refractivity contribution in [3.8, 4) is 23.1 Å². The molecule has 2 aromatic carbocycles. The summed E-state index contributed by atoms with van der Waals surface area (Å²) in [5.74, 6) is 2.20. The second-order valence-corrected chi connectivity index (χ2v) is 7.71. The summed E-state index contributed by atoms with van der Waals surface area (Å²) in [4.78, 5) is 11.7. The van der Waals surface area contributed by atoms with Crippen molar-refractivity contribution in [2.45, 2.75) is 10.9 Å². The molecule has 0 saturated carbocycles. The number of ether oxygens (including phenoxy) is 2. The Hall–Kier alpha value is -3.08. The van der Waals surface area contributed by atoms with E-state index in [1.54, 1.807) is 18.9 Å². The van der Waals surface area contributed by atoms with E-state index in [1.165, 1.54) is 5.56 Å². The van der Waals surface area contributed by atoms with Gasteiger partial charge in [0.05, 0.1) is 26.0 Å². The van der Waals surface area contributed by atoms with Gasteiger partial charge < -0.3 is 14.4 Å². The predicted molar refractivity (Wildman–Crippen MR) is 118 cm³/mol. The number of hydrogen-bond acceptors (Lipinski definition) is 7. The number of benzene rings is 2. The van der Waals surface area contributed by atoms with E-state index in [-0.39, 0.29) is 0 Å². The van der Waals surface area contributed by atoms with E-state index < -0.39 is 0 Å². The minimum atomic E-state index is 0.492. The fraction of sp³-hybridized carbons (Fsp3) is 0.261. The molecule has 0 unspecified atom stereocenters. The van der Waals surface area contributed by atoms with Crippen LogP contribution in [0.5, 0.6) is 5.75 Å². The number of anilines is 1. The van der Waals surface area contributed by atoms with Crippen molar-refractivity contribution in [1.29, 1.82) is 5.26 Å². The van der Waals surface area contributed by atoms with Crippen LogP contribution < -0.4 is 9.64 Å². The summed E-state index contributed by atoms with van der Waals surface area (Å²) >= 11 is 1.57. The molecule has 2 heterocycles. The molecular weight excluding hydrogens is 396 g/mol. The normalized spacial score (nSPS) is 13.7. The number of aromatic nitrogens is 2. The van der Waals surface area contributed by atoms with Gasteiger partial charge in [-0.15, -0.1) is 0 Å². The number of hydrogen-bond donors (Lipinski definition) is 0. The lowest BCUT2D eigenvalue weighted by molar-refractivity contribution is 0.122. The molecule has 1 aliphatic heterocycles. The molecule has 6 nitrogen and oxygen atoms in total. The molecule has 7 heteroatoms. The van der Waals surface area contributed by atoms with Crippen LogP contribution in [0.3, 0.4) is 0 Å². The highest BCUT2D eigenvalue weighted by Gasteiger charge is 2.22. The first-order chi connectivity index (χ1) is 14.8. The van der Waals surface area contributed by atoms with Crippen LogP contribution in [0.1, 0.15) is 11.1 Å². The number of nitriles is 1. The molecule has 0 atom stereocenters. The van der Waals surface area contributed by atoms with Crippen LogP contribution in [0.15, 0.2) is 59.8 Å². The number of methoxy groups -OCH3 is 1. The van der Waals surface area contributed by atoms with Crippen LogP contribution in [-0.2, 0) is 10.5 Å². The Bertz CT molecular complexity index is 1030. The summed E-state index contributed by atoms with van der Waals surface area (Å²) in [5, 5.41) is 10.6. The topological polar surface area (TPSA) is 71.3 Å². The van der Waals surface area contributed by atoms with E-state index in [2.05, 4.69) is 23.1 Å². The molecule has 0 bridgehead atoms. The molecule has 1 aromatic heterocycles. The van der Waals surface area contributed by atoms with E-state index in [0.717, 1.165) is 17.1 Å². The van der Waals surface area contributed by atoms with Gasteiger partial charge in [0.25, 0.3) is 0 Å². The minimum absolute atomic E-state index is 0.492. The Labute approximate surface area is 180 Å². The van der Waals surface area contributed by atoms with E-state index >= 15 is 0 Å². The lowest BCUT2D eigenvalue weighted by atomic mass is 10.1. The van der Waals surface area contributed by atoms with E-state index in [0.29, 0.717) is 48.5 Å². The molecule has 1 fully saturated rings. The Kier molecular flexibility index (Phi) is 6.47. The van der Waals surface area contributed by atoms with Gasteiger partial charge in [0.2, 0.25) is 0 Å². The molecule has 0 N–H and O–H groups in total. The molecule has 1 saturated heterocycles. The zero-order chi connectivity index (χ0) is 20.8. The van der Waals surface area contributed by atoms with Crippen molar-refractivity contribution in [3.63, 3.8) is 0 Å². The third-order valence-electron chi connectivity index (χ3n) is 4.87. The number of morpholine rings is 1. The fourth-order valence-corrected chi connectivity index (χ4v) is 4.08. The van der Waals surface area contributed by atoms with Crippen LogP contribution in [0, 0.1) is 11.3 Å². The smallest absolute Gasteiger partial charge is 0.190 e. The van der Waals surface area contributed by atoms with E-state index in [4.69, 9.17) is 19.4 Å². The average molecular weight is 419 g/mol. The standard InChI is InChI=1S/C23H22N4O2S/c1-28-19-9-7-18(8-10-19)21-20(15-24)22(27-11-13-29-14-12-27)26-23(25-21)30-16-17-5-3-2-4-6-17/h2-10H,11-14,16H2,1H3. The Morgan fingerprint density at radius 2 is 1.80 bits per heavy atom. The quantitative estimate of drug-likeness (QED) is 0.440. The molecule has 152 valence electrons. The molecule has 3 aromatic rings. The summed E-state index contributed by atoms with van der Waals surface area (Å²) in [6.45, 7) is 2.66. The summed E-state index contributed by atoms with van der Waals surface area (Å²) in [6, 6.07) is 20.2. The second-order valence-electron chi connectivity index (χ2n) is 6.77. The van der Waals surface area contributed by atoms with Gasteiger partial charge in [0.15, 0.2) is 11.0 Å². The lowest BCUT2D eigenvalue weighted by Gasteiger charge is -2.29. The number of thioether (sulfide) groups is 1. The van der Waals surface area contributed by atoms with Gasteiger partial charge >= 0.3 is 0 Å². The Balaban J connectivity index is 1.74. The molecule has 0 amide bonds. The average Bonchev–Trinajstić information content (AvgIpc) is 2.83. The van der Waals surface area contributed by atoms with Crippen molar-refractivity contribution < 1.29 is 9.47 Å². The van der Waals surface area contributed by atoms with Crippen LogP contribution in [-0.4, -0.2) is 43.4 Å². The van der Waals surface area contributed by atoms with Crippen molar-refractivity contribution in [2.75, 3.05) is 38.3 Å². The highest BCUT2D eigenvalue weighted by atomic mass is 32.2. The SMILES string of the molecule is COc1ccc(-c2nc(SCc3ccccc3)nc(N3CCOCC3)c2C#N)cc1.